The number of carbonyl (C=O) groups is 1. The molecule has 1 aliphatic heterocycles. The van der Waals surface area contributed by atoms with E-state index in [0.29, 0.717) is 0 Å². The number of piperazine rings is 1. The second-order valence-corrected chi connectivity index (χ2v) is 8.41. The first kappa shape index (κ1) is 20.3. The maximum absolute atomic E-state index is 12.8. The zero-order chi connectivity index (χ0) is 20.4. The summed E-state index contributed by atoms with van der Waals surface area (Å²) >= 11 is 0. The van der Waals surface area contributed by atoms with Crippen LogP contribution in [0.2, 0.25) is 0 Å². The smallest absolute Gasteiger partial charge is 0.340 e. The maximum Gasteiger partial charge on any atom is 0.416 e. The minimum atomic E-state index is -4.46. The third-order valence-corrected chi connectivity index (χ3v) is 6.49. The average Bonchev–Trinajstić information content (AvgIpc) is 2.68. The van der Waals surface area contributed by atoms with E-state index in [1.54, 1.807) is 18.2 Å². The molecule has 1 fully saturated rings. The van der Waals surface area contributed by atoms with E-state index in [9.17, 15) is 26.4 Å². The first-order valence-corrected chi connectivity index (χ1v) is 10.1. The van der Waals surface area contributed by atoms with E-state index < -0.39 is 21.8 Å². The molecule has 1 aliphatic rings. The Hall–Kier alpha value is -2.39. The van der Waals surface area contributed by atoms with Crippen LogP contribution < -0.4 is 0 Å². The summed E-state index contributed by atoms with van der Waals surface area (Å²) in [7, 11) is -3.62. The fraction of sp³-hybridized carbons (Fsp3) is 0.316. The molecule has 0 bridgehead atoms. The fourth-order valence-electron chi connectivity index (χ4n) is 3.06. The molecule has 0 unspecified atom stereocenters. The van der Waals surface area contributed by atoms with Crippen LogP contribution in [0.15, 0.2) is 59.5 Å². The van der Waals surface area contributed by atoms with Crippen molar-refractivity contribution in [3.8, 4) is 0 Å². The Labute approximate surface area is 161 Å². The fourth-order valence-corrected chi connectivity index (χ4v) is 4.51. The highest BCUT2D eigenvalue weighted by Crippen LogP contribution is 2.29. The van der Waals surface area contributed by atoms with E-state index in [4.69, 9.17) is 0 Å². The van der Waals surface area contributed by atoms with Gasteiger partial charge in [-0.05, 0) is 23.8 Å². The summed E-state index contributed by atoms with van der Waals surface area (Å²) < 4.78 is 64.9. The van der Waals surface area contributed by atoms with E-state index >= 15 is 0 Å². The number of hydrogen-bond acceptors (Lipinski definition) is 3. The molecule has 0 atom stereocenters. The Morgan fingerprint density at radius 1 is 0.929 bits per heavy atom. The topological polar surface area (TPSA) is 57.7 Å². The van der Waals surface area contributed by atoms with Gasteiger partial charge in [0.05, 0.1) is 16.9 Å². The van der Waals surface area contributed by atoms with Crippen LogP contribution >= 0.6 is 0 Å². The molecule has 28 heavy (non-hydrogen) atoms. The van der Waals surface area contributed by atoms with Gasteiger partial charge in [0, 0.05) is 26.2 Å². The molecule has 9 heteroatoms. The van der Waals surface area contributed by atoms with Gasteiger partial charge < -0.3 is 4.90 Å². The third kappa shape index (κ3) is 4.53. The lowest BCUT2D eigenvalue weighted by Crippen LogP contribution is -2.50. The molecule has 2 aromatic carbocycles. The van der Waals surface area contributed by atoms with Gasteiger partial charge in [0.1, 0.15) is 0 Å². The predicted molar refractivity (Wildman–Crippen MR) is 96.9 cm³/mol. The number of amides is 1. The van der Waals surface area contributed by atoms with E-state index in [2.05, 4.69) is 0 Å². The highest BCUT2D eigenvalue weighted by atomic mass is 32.2. The number of alkyl halides is 3. The molecule has 1 heterocycles. The zero-order valence-corrected chi connectivity index (χ0v) is 15.7. The average molecular weight is 412 g/mol. The molecule has 150 valence electrons. The highest BCUT2D eigenvalue weighted by molar-refractivity contribution is 7.89. The lowest BCUT2D eigenvalue weighted by Gasteiger charge is -2.34. The van der Waals surface area contributed by atoms with Gasteiger partial charge in [0.15, 0.2) is 0 Å². The molecular weight excluding hydrogens is 393 g/mol. The Balaban J connectivity index is 1.62. The Bertz CT molecular complexity index is 938. The van der Waals surface area contributed by atoms with E-state index in [-0.39, 0.29) is 49.0 Å². The maximum atomic E-state index is 12.8. The van der Waals surface area contributed by atoms with Crippen LogP contribution in [0.5, 0.6) is 0 Å². The van der Waals surface area contributed by atoms with Crippen LogP contribution in [0, 0.1) is 0 Å². The van der Waals surface area contributed by atoms with Crippen LogP contribution in [0.3, 0.4) is 0 Å². The predicted octanol–water partition coefficient (Wildman–Crippen LogP) is 2.78. The molecule has 0 aliphatic carbocycles. The summed E-state index contributed by atoms with van der Waals surface area (Å²) in [5.41, 5.74) is -0.518. The minimum Gasteiger partial charge on any atom is -0.340 e. The lowest BCUT2D eigenvalue weighted by atomic mass is 10.1. The quantitative estimate of drug-likeness (QED) is 0.776. The molecule has 1 amide bonds. The SMILES string of the molecule is O=C(Cc1cccc(C(F)(F)F)c1)N1CCN(S(=O)(=O)c2ccccc2)CC1. The van der Waals surface area contributed by atoms with Crippen LogP contribution in [-0.2, 0) is 27.4 Å². The Kier molecular flexibility index (Phi) is 5.76. The summed E-state index contributed by atoms with van der Waals surface area (Å²) in [5.74, 6) is -0.323. The second-order valence-electron chi connectivity index (χ2n) is 6.47. The van der Waals surface area contributed by atoms with Crippen LogP contribution in [-0.4, -0.2) is 49.7 Å². The van der Waals surface area contributed by atoms with Gasteiger partial charge >= 0.3 is 6.18 Å². The number of hydrogen-bond donors (Lipinski definition) is 0. The van der Waals surface area contributed by atoms with Gasteiger partial charge in [-0.2, -0.15) is 17.5 Å². The van der Waals surface area contributed by atoms with E-state index in [1.165, 1.54) is 33.5 Å². The number of carbonyl (C=O) groups excluding carboxylic acids is 1. The van der Waals surface area contributed by atoms with Crippen molar-refractivity contribution in [3.05, 3.63) is 65.7 Å². The molecule has 3 rings (SSSR count). The minimum absolute atomic E-state index is 0.144. The number of halogens is 3. The van der Waals surface area contributed by atoms with Crippen molar-refractivity contribution in [3.63, 3.8) is 0 Å². The van der Waals surface area contributed by atoms with Gasteiger partial charge in [0.25, 0.3) is 0 Å². The van der Waals surface area contributed by atoms with Crippen molar-refractivity contribution < 1.29 is 26.4 Å². The molecular formula is C19H19F3N2O3S. The van der Waals surface area contributed by atoms with E-state index in [1.807, 2.05) is 0 Å². The van der Waals surface area contributed by atoms with Crippen molar-refractivity contribution in [1.82, 2.24) is 9.21 Å². The largest absolute Gasteiger partial charge is 0.416 e. The molecule has 0 spiro atoms. The second kappa shape index (κ2) is 7.92. The zero-order valence-electron chi connectivity index (χ0n) is 14.9. The molecule has 0 aromatic heterocycles. The Morgan fingerprint density at radius 2 is 1.57 bits per heavy atom. The van der Waals surface area contributed by atoms with Crippen molar-refractivity contribution in [2.45, 2.75) is 17.5 Å². The summed E-state index contributed by atoms with van der Waals surface area (Å²) in [6, 6.07) is 12.7. The van der Waals surface area contributed by atoms with Gasteiger partial charge in [-0.25, -0.2) is 8.42 Å². The van der Waals surface area contributed by atoms with Crippen LogP contribution in [0.1, 0.15) is 11.1 Å². The normalized spacial score (nSPS) is 16.2. The summed E-state index contributed by atoms with van der Waals surface area (Å²) in [5, 5.41) is 0. The number of rotatable bonds is 4. The summed E-state index contributed by atoms with van der Waals surface area (Å²) in [4.78, 5) is 14.1. The van der Waals surface area contributed by atoms with Gasteiger partial charge in [-0.3, -0.25) is 4.79 Å². The van der Waals surface area contributed by atoms with Gasteiger partial charge in [-0.1, -0.05) is 36.4 Å². The van der Waals surface area contributed by atoms with Crippen molar-refractivity contribution >= 4 is 15.9 Å². The molecule has 1 saturated heterocycles. The van der Waals surface area contributed by atoms with Crippen molar-refractivity contribution in [2.24, 2.45) is 0 Å². The number of nitrogens with zero attached hydrogens (tertiary/aromatic N) is 2. The van der Waals surface area contributed by atoms with Crippen LogP contribution in [0.4, 0.5) is 13.2 Å². The Morgan fingerprint density at radius 3 is 2.18 bits per heavy atom. The molecule has 2 aromatic rings. The standard InChI is InChI=1S/C19H19F3N2O3S/c20-19(21,22)16-6-4-5-15(13-16)14-18(25)23-9-11-24(12-10-23)28(26,27)17-7-2-1-3-8-17/h1-8,13H,9-12,14H2. The van der Waals surface area contributed by atoms with Crippen LogP contribution in [0.25, 0.3) is 0 Å². The molecule has 0 N–H and O–H groups in total. The monoisotopic (exact) mass is 412 g/mol. The number of benzene rings is 2. The summed E-state index contributed by atoms with van der Waals surface area (Å²) in [6.45, 7) is 0.685. The molecule has 0 radical (unpaired) electrons. The van der Waals surface area contributed by atoms with Gasteiger partial charge in [-0.15, -0.1) is 0 Å². The van der Waals surface area contributed by atoms with Crippen molar-refractivity contribution in [1.29, 1.82) is 0 Å². The summed E-state index contributed by atoms with van der Waals surface area (Å²) in [6.07, 6.45) is -4.62. The van der Waals surface area contributed by atoms with E-state index in [0.717, 1.165) is 12.1 Å². The first-order valence-electron chi connectivity index (χ1n) is 8.67. The van der Waals surface area contributed by atoms with Gasteiger partial charge in [0.2, 0.25) is 15.9 Å². The lowest BCUT2D eigenvalue weighted by molar-refractivity contribution is -0.138. The highest BCUT2D eigenvalue weighted by Gasteiger charge is 2.32. The third-order valence-electron chi connectivity index (χ3n) is 4.58. The first-order chi connectivity index (χ1) is 13.2. The number of sulfonamides is 1. The molecule has 5 nitrogen and oxygen atoms in total. The van der Waals surface area contributed by atoms with Crippen molar-refractivity contribution in [2.75, 3.05) is 26.2 Å². The molecule has 0 saturated carbocycles.